The molecule has 1 aromatic carbocycles. The summed E-state index contributed by atoms with van der Waals surface area (Å²) in [6.45, 7) is 1.86. The van der Waals surface area contributed by atoms with E-state index >= 15 is 0 Å². The van der Waals surface area contributed by atoms with E-state index in [9.17, 15) is 4.79 Å². The molecule has 1 heterocycles. The maximum absolute atomic E-state index is 11.9. The fourth-order valence-corrected chi connectivity index (χ4v) is 1.60. The van der Waals surface area contributed by atoms with Gasteiger partial charge >= 0.3 is 0 Å². The van der Waals surface area contributed by atoms with Crippen molar-refractivity contribution in [1.82, 2.24) is 4.98 Å². The summed E-state index contributed by atoms with van der Waals surface area (Å²) in [5.74, 6) is -0.189. The molecule has 18 heavy (non-hydrogen) atoms. The number of anilines is 1. The van der Waals surface area contributed by atoms with Gasteiger partial charge in [0.25, 0.3) is 5.91 Å². The molecule has 2 rings (SSSR count). The highest BCUT2D eigenvalue weighted by Gasteiger charge is 2.09. The molecule has 0 atom stereocenters. The number of aromatic nitrogens is 1. The van der Waals surface area contributed by atoms with Crippen LogP contribution >= 0.6 is 11.6 Å². The van der Waals surface area contributed by atoms with Gasteiger partial charge in [-0.3, -0.25) is 4.79 Å². The average Bonchev–Trinajstić information content (AvgIpc) is 2.34. The summed E-state index contributed by atoms with van der Waals surface area (Å²) in [5, 5.41) is 12.1. The lowest BCUT2D eigenvalue weighted by Gasteiger charge is -2.07. The van der Waals surface area contributed by atoms with E-state index in [1.54, 1.807) is 12.3 Å². The second-order valence-electron chi connectivity index (χ2n) is 3.85. The number of hydrogen-bond donors (Lipinski definition) is 2. The SMILES string of the molecule is Cc1cnc(Cl)c(NC(=O)c2ccc(O)cc2)c1. The van der Waals surface area contributed by atoms with E-state index in [0.29, 0.717) is 11.3 Å². The van der Waals surface area contributed by atoms with Crippen LogP contribution in [0.4, 0.5) is 5.69 Å². The number of phenolic OH excluding ortho intramolecular Hbond substituents is 1. The number of rotatable bonds is 2. The number of phenols is 1. The Bertz CT molecular complexity index is 582. The largest absolute Gasteiger partial charge is 0.508 e. The van der Waals surface area contributed by atoms with Crippen LogP contribution in [-0.2, 0) is 0 Å². The van der Waals surface area contributed by atoms with Gasteiger partial charge in [-0.1, -0.05) is 11.6 Å². The van der Waals surface area contributed by atoms with Crippen LogP contribution in [0.3, 0.4) is 0 Å². The lowest BCUT2D eigenvalue weighted by atomic mass is 10.2. The van der Waals surface area contributed by atoms with E-state index in [4.69, 9.17) is 16.7 Å². The molecule has 0 fully saturated rings. The van der Waals surface area contributed by atoms with Crippen molar-refractivity contribution < 1.29 is 9.90 Å². The van der Waals surface area contributed by atoms with Gasteiger partial charge in [-0.25, -0.2) is 4.98 Å². The summed E-state index contributed by atoms with van der Waals surface area (Å²) >= 11 is 5.89. The molecule has 0 saturated carbocycles. The highest BCUT2D eigenvalue weighted by Crippen LogP contribution is 2.21. The van der Waals surface area contributed by atoms with E-state index in [1.807, 2.05) is 6.92 Å². The third-order valence-electron chi connectivity index (χ3n) is 2.35. The van der Waals surface area contributed by atoms with Gasteiger partial charge in [0.1, 0.15) is 5.75 Å². The molecule has 92 valence electrons. The zero-order valence-electron chi connectivity index (χ0n) is 9.64. The molecule has 4 nitrogen and oxygen atoms in total. The van der Waals surface area contributed by atoms with Crippen molar-refractivity contribution in [3.63, 3.8) is 0 Å². The quantitative estimate of drug-likeness (QED) is 0.818. The first-order valence-electron chi connectivity index (χ1n) is 5.29. The highest BCUT2D eigenvalue weighted by atomic mass is 35.5. The van der Waals surface area contributed by atoms with Crippen molar-refractivity contribution in [3.05, 3.63) is 52.8 Å². The molecule has 2 aromatic rings. The molecule has 0 saturated heterocycles. The van der Waals surface area contributed by atoms with Crippen molar-refractivity contribution in [2.24, 2.45) is 0 Å². The van der Waals surface area contributed by atoms with Crippen molar-refractivity contribution in [2.45, 2.75) is 6.92 Å². The lowest BCUT2D eigenvalue weighted by molar-refractivity contribution is 0.102. The van der Waals surface area contributed by atoms with Crippen LogP contribution in [0.1, 0.15) is 15.9 Å². The average molecular weight is 263 g/mol. The summed E-state index contributed by atoms with van der Waals surface area (Å²) in [4.78, 5) is 15.9. The Labute approximate surface area is 109 Å². The van der Waals surface area contributed by atoms with Gasteiger partial charge in [0.15, 0.2) is 5.15 Å². The van der Waals surface area contributed by atoms with Gasteiger partial charge in [-0.05, 0) is 42.8 Å². The van der Waals surface area contributed by atoms with Crippen LogP contribution in [0.25, 0.3) is 0 Å². The van der Waals surface area contributed by atoms with E-state index in [2.05, 4.69) is 10.3 Å². The normalized spacial score (nSPS) is 10.1. The predicted molar refractivity (Wildman–Crippen MR) is 70.0 cm³/mol. The van der Waals surface area contributed by atoms with Gasteiger partial charge in [0, 0.05) is 11.8 Å². The third kappa shape index (κ3) is 2.78. The van der Waals surface area contributed by atoms with E-state index in [-0.39, 0.29) is 16.8 Å². The first-order valence-corrected chi connectivity index (χ1v) is 5.66. The summed E-state index contributed by atoms with van der Waals surface area (Å²) in [6.07, 6.45) is 1.62. The number of benzene rings is 1. The van der Waals surface area contributed by atoms with Gasteiger partial charge in [-0.15, -0.1) is 0 Å². The van der Waals surface area contributed by atoms with E-state index in [1.165, 1.54) is 24.3 Å². The zero-order valence-corrected chi connectivity index (χ0v) is 10.4. The Hall–Kier alpha value is -2.07. The number of carbonyl (C=O) groups is 1. The monoisotopic (exact) mass is 262 g/mol. The summed E-state index contributed by atoms with van der Waals surface area (Å²) < 4.78 is 0. The van der Waals surface area contributed by atoms with Crippen molar-refractivity contribution in [2.75, 3.05) is 5.32 Å². The molecule has 0 spiro atoms. The first-order chi connectivity index (χ1) is 8.56. The Morgan fingerprint density at radius 2 is 2.00 bits per heavy atom. The molecule has 2 N–H and O–H groups in total. The highest BCUT2D eigenvalue weighted by molar-refractivity contribution is 6.32. The van der Waals surface area contributed by atoms with Crippen molar-refractivity contribution >= 4 is 23.2 Å². The van der Waals surface area contributed by atoms with Crippen LogP contribution in [0.5, 0.6) is 5.75 Å². The van der Waals surface area contributed by atoms with Crippen LogP contribution in [0.2, 0.25) is 5.15 Å². The fraction of sp³-hybridized carbons (Fsp3) is 0.0769. The molecule has 0 bridgehead atoms. The molecule has 1 amide bonds. The van der Waals surface area contributed by atoms with Crippen LogP contribution in [-0.4, -0.2) is 16.0 Å². The van der Waals surface area contributed by atoms with Gasteiger partial charge < -0.3 is 10.4 Å². The maximum atomic E-state index is 11.9. The van der Waals surface area contributed by atoms with Gasteiger partial charge in [0.2, 0.25) is 0 Å². The number of aromatic hydroxyl groups is 1. The molecule has 0 aliphatic rings. The second kappa shape index (κ2) is 5.06. The van der Waals surface area contributed by atoms with Crippen LogP contribution in [0.15, 0.2) is 36.5 Å². The van der Waals surface area contributed by atoms with Crippen LogP contribution < -0.4 is 5.32 Å². The minimum absolute atomic E-state index is 0.113. The number of hydrogen-bond acceptors (Lipinski definition) is 3. The third-order valence-corrected chi connectivity index (χ3v) is 2.65. The molecular weight excluding hydrogens is 252 g/mol. The second-order valence-corrected chi connectivity index (χ2v) is 4.21. The molecule has 5 heteroatoms. The van der Waals surface area contributed by atoms with Gasteiger partial charge in [-0.2, -0.15) is 0 Å². The molecule has 0 radical (unpaired) electrons. The topological polar surface area (TPSA) is 62.2 Å². The number of pyridine rings is 1. The first kappa shape index (κ1) is 12.4. The number of carbonyl (C=O) groups excluding carboxylic acids is 1. The number of nitrogens with one attached hydrogen (secondary N) is 1. The smallest absolute Gasteiger partial charge is 0.255 e. The Morgan fingerprint density at radius 3 is 2.67 bits per heavy atom. The minimum atomic E-state index is -0.302. The fourth-order valence-electron chi connectivity index (χ4n) is 1.45. The predicted octanol–water partition coefficient (Wildman–Crippen LogP) is 3.00. The maximum Gasteiger partial charge on any atom is 0.255 e. The number of halogens is 1. The Morgan fingerprint density at radius 1 is 1.33 bits per heavy atom. The van der Waals surface area contributed by atoms with E-state index < -0.39 is 0 Å². The summed E-state index contributed by atoms with van der Waals surface area (Å²) in [5.41, 5.74) is 1.81. The summed E-state index contributed by atoms with van der Waals surface area (Å²) in [6, 6.07) is 7.70. The minimum Gasteiger partial charge on any atom is -0.508 e. The van der Waals surface area contributed by atoms with Crippen molar-refractivity contribution in [1.29, 1.82) is 0 Å². The molecule has 0 aliphatic carbocycles. The molecule has 1 aromatic heterocycles. The Balaban J connectivity index is 2.21. The van der Waals surface area contributed by atoms with Crippen LogP contribution in [0, 0.1) is 6.92 Å². The Kier molecular flexibility index (Phi) is 3.48. The van der Waals surface area contributed by atoms with Crippen molar-refractivity contribution in [3.8, 4) is 5.75 Å². The zero-order chi connectivity index (χ0) is 13.1. The lowest BCUT2D eigenvalue weighted by Crippen LogP contribution is -2.12. The number of amides is 1. The number of aryl methyl sites for hydroxylation is 1. The van der Waals surface area contributed by atoms with Gasteiger partial charge in [0.05, 0.1) is 5.69 Å². The number of nitrogens with zero attached hydrogens (tertiary/aromatic N) is 1. The molecule has 0 unspecified atom stereocenters. The summed E-state index contributed by atoms with van der Waals surface area (Å²) in [7, 11) is 0. The van der Waals surface area contributed by atoms with E-state index in [0.717, 1.165) is 5.56 Å². The molecular formula is C13H11ClN2O2. The standard InChI is InChI=1S/C13H11ClN2O2/c1-8-6-11(12(14)15-7-8)16-13(18)9-2-4-10(17)5-3-9/h2-7,17H,1H3,(H,16,18). The molecule has 0 aliphatic heterocycles.